The highest BCUT2D eigenvalue weighted by Crippen LogP contribution is 2.53. The second-order valence-corrected chi connectivity index (χ2v) is 14.5. The minimum atomic E-state index is -1.49. The lowest BCUT2D eigenvalue weighted by molar-refractivity contribution is 0.275. The third-order valence-electron chi connectivity index (χ3n) is 8.12. The zero-order chi connectivity index (χ0) is 17.7. The van der Waals surface area contributed by atoms with Crippen molar-refractivity contribution >= 4 is 13.3 Å². The SMILES string of the molecule is C[Si](CCC12CCCCC1O2)(CCC12CCCCC1O2)c1ccccc1. The maximum absolute atomic E-state index is 6.22. The molecule has 0 bridgehead atoms. The van der Waals surface area contributed by atoms with Crippen molar-refractivity contribution in [2.24, 2.45) is 0 Å². The molecule has 0 spiro atoms. The maximum atomic E-state index is 6.22. The number of hydrogen-bond acceptors (Lipinski definition) is 2. The Kier molecular flexibility index (Phi) is 4.34. The van der Waals surface area contributed by atoms with Gasteiger partial charge in [0.15, 0.2) is 0 Å². The molecule has 2 heterocycles. The summed E-state index contributed by atoms with van der Waals surface area (Å²) < 4.78 is 12.4. The minimum absolute atomic E-state index is 0.281. The summed E-state index contributed by atoms with van der Waals surface area (Å²) in [5.41, 5.74) is 0.562. The average Bonchev–Trinajstić information content (AvgIpc) is 3.58. The molecular formula is C23H34O2Si. The molecule has 2 aliphatic heterocycles. The van der Waals surface area contributed by atoms with Crippen LogP contribution < -0.4 is 5.19 Å². The van der Waals surface area contributed by atoms with Gasteiger partial charge in [0.05, 0.1) is 31.5 Å². The summed E-state index contributed by atoms with van der Waals surface area (Å²) >= 11 is 0. The van der Waals surface area contributed by atoms with E-state index in [0.29, 0.717) is 12.2 Å². The molecule has 0 N–H and O–H groups in total. The van der Waals surface area contributed by atoms with Crippen LogP contribution >= 0.6 is 0 Å². The summed E-state index contributed by atoms with van der Waals surface area (Å²) in [5, 5.41) is 1.65. The van der Waals surface area contributed by atoms with Crippen molar-refractivity contribution in [2.45, 2.75) is 106 Å². The van der Waals surface area contributed by atoms with E-state index in [1.54, 1.807) is 5.19 Å². The molecule has 4 aliphatic rings. The first-order valence-electron chi connectivity index (χ1n) is 11.1. The Morgan fingerprint density at radius 1 is 0.846 bits per heavy atom. The number of fused-ring (bicyclic) bond motifs is 2. The van der Waals surface area contributed by atoms with Gasteiger partial charge >= 0.3 is 0 Å². The van der Waals surface area contributed by atoms with E-state index in [-0.39, 0.29) is 11.2 Å². The standard InChI is InChI=1S/C23H34O2Si/c1-26(19-9-3-2-4-10-19,17-15-22-13-7-5-11-20(22)24-22)18-16-23-14-8-6-12-21(23)25-23/h2-4,9-10,20-21H,5-8,11-18H2,1H3. The van der Waals surface area contributed by atoms with Gasteiger partial charge in [-0.2, -0.15) is 0 Å². The Hall–Kier alpha value is -0.643. The lowest BCUT2D eigenvalue weighted by atomic mass is 9.87. The summed E-state index contributed by atoms with van der Waals surface area (Å²) in [4.78, 5) is 0. The van der Waals surface area contributed by atoms with Crippen LogP contribution in [0.4, 0.5) is 0 Å². The van der Waals surface area contributed by atoms with Crippen LogP contribution in [0.25, 0.3) is 0 Å². The highest BCUT2D eigenvalue weighted by molar-refractivity contribution is 6.90. The molecule has 2 nitrogen and oxygen atoms in total. The van der Waals surface area contributed by atoms with E-state index in [4.69, 9.17) is 9.47 Å². The molecule has 1 aromatic rings. The fraction of sp³-hybridized carbons (Fsp3) is 0.739. The molecule has 1 aromatic carbocycles. The highest BCUT2D eigenvalue weighted by Gasteiger charge is 2.59. The summed E-state index contributed by atoms with van der Waals surface area (Å²) in [5.74, 6) is 0. The first-order valence-corrected chi connectivity index (χ1v) is 14.0. The zero-order valence-corrected chi connectivity index (χ0v) is 17.3. The summed E-state index contributed by atoms with van der Waals surface area (Å²) in [6, 6.07) is 14.2. The molecule has 2 aliphatic carbocycles. The highest BCUT2D eigenvalue weighted by atomic mass is 28.3. The summed E-state index contributed by atoms with van der Waals surface area (Å²) in [7, 11) is -1.49. The summed E-state index contributed by atoms with van der Waals surface area (Å²) in [6.07, 6.45) is 14.5. The molecule has 26 heavy (non-hydrogen) atoms. The van der Waals surface area contributed by atoms with E-state index < -0.39 is 8.07 Å². The van der Waals surface area contributed by atoms with E-state index in [2.05, 4.69) is 36.9 Å². The molecule has 4 fully saturated rings. The molecule has 0 aromatic heterocycles. The van der Waals surface area contributed by atoms with Crippen LogP contribution in [0.15, 0.2) is 30.3 Å². The van der Waals surface area contributed by atoms with E-state index in [1.165, 1.54) is 76.3 Å². The van der Waals surface area contributed by atoms with Crippen LogP contribution in [-0.2, 0) is 9.47 Å². The van der Waals surface area contributed by atoms with Crippen molar-refractivity contribution in [3.8, 4) is 0 Å². The van der Waals surface area contributed by atoms with Crippen molar-refractivity contribution < 1.29 is 9.47 Å². The normalized spacial score (nSPS) is 40.2. The first-order chi connectivity index (χ1) is 12.6. The van der Waals surface area contributed by atoms with Crippen molar-refractivity contribution in [1.29, 1.82) is 0 Å². The van der Waals surface area contributed by atoms with Crippen molar-refractivity contribution in [3.05, 3.63) is 30.3 Å². The van der Waals surface area contributed by atoms with Crippen molar-refractivity contribution in [2.75, 3.05) is 0 Å². The number of epoxide rings is 2. The summed E-state index contributed by atoms with van der Waals surface area (Å²) in [6.45, 7) is 2.63. The molecule has 0 radical (unpaired) electrons. The Labute approximate surface area is 159 Å². The zero-order valence-electron chi connectivity index (χ0n) is 16.3. The third kappa shape index (κ3) is 3.10. The van der Waals surface area contributed by atoms with E-state index in [1.807, 2.05) is 0 Å². The molecule has 142 valence electrons. The van der Waals surface area contributed by atoms with Gasteiger partial charge < -0.3 is 9.47 Å². The van der Waals surface area contributed by atoms with Crippen molar-refractivity contribution in [1.82, 2.24) is 0 Å². The second-order valence-electron chi connectivity index (χ2n) is 9.76. The van der Waals surface area contributed by atoms with Crippen LogP contribution in [0.1, 0.15) is 64.2 Å². The van der Waals surface area contributed by atoms with Gasteiger partial charge in [0.1, 0.15) is 0 Å². The number of rotatable bonds is 7. The van der Waals surface area contributed by atoms with Gasteiger partial charge in [0.2, 0.25) is 0 Å². The molecule has 3 heteroatoms. The van der Waals surface area contributed by atoms with Gasteiger partial charge in [0.25, 0.3) is 0 Å². The Bertz CT molecular complexity index is 613. The average molecular weight is 371 g/mol. The van der Waals surface area contributed by atoms with E-state index >= 15 is 0 Å². The van der Waals surface area contributed by atoms with Gasteiger partial charge in [-0.15, -0.1) is 0 Å². The molecular weight excluding hydrogens is 336 g/mol. The maximum Gasteiger partial charge on any atom is 0.0945 e. The topological polar surface area (TPSA) is 25.1 Å². The van der Waals surface area contributed by atoms with Gasteiger partial charge in [-0.25, -0.2) is 0 Å². The van der Waals surface area contributed by atoms with E-state index in [9.17, 15) is 0 Å². The predicted molar refractivity (Wildman–Crippen MR) is 109 cm³/mol. The largest absolute Gasteiger partial charge is 0.366 e. The Balaban J connectivity index is 1.29. The Morgan fingerprint density at radius 3 is 1.88 bits per heavy atom. The molecule has 4 atom stereocenters. The van der Waals surface area contributed by atoms with Gasteiger partial charge in [0, 0.05) is 0 Å². The Morgan fingerprint density at radius 2 is 1.38 bits per heavy atom. The molecule has 2 saturated heterocycles. The molecule has 4 unspecified atom stereocenters. The molecule has 0 amide bonds. The lowest BCUT2D eigenvalue weighted by Gasteiger charge is -2.32. The second kappa shape index (κ2) is 6.46. The quantitative estimate of drug-likeness (QED) is 0.488. The van der Waals surface area contributed by atoms with Crippen molar-refractivity contribution in [3.63, 3.8) is 0 Å². The minimum Gasteiger partial charge on any atom is -0.366 e. The molecule has 2 saturated carbocycles. The van der Waals surface area contributed by atoms with Crippen LogP contribution in [0.3, 0.4) is 0 Å². The van der Waals surface area contributed by atoms with Gasteiger partial charge in [-0.05, 0) is 38.5 Å². The van der Waals surface area contributed by atoms with Crippen LogP contribution in [0, 0.1) is 0 Å². The van der Waals surface area contributed by atoms with Crippen LogP contribution in [0.2, 0.25) is 18.6 Å². The lowest BCUT2D eigenvalue weighted by Crippen LogP contribution is -2.46. The fourth-order valence-corrected chi connectivity index (χ4v) is 9.78. The number of benzene rings is 1. The van der Waals surface area contributed by atoms with Gasteiger partial charge in [-0.1, -0.05) is 79.8 Å². The smallest absolute Gasteiger partial charge is 0.0945 e. The van der Waals surface area contributed by atoms with E-state index in [0.717, 1.165) is 0 Å². The van der Waals surface area contributed by atoms with Crippen LogP contribution in [0.5, 0.6) is 0 Å². The molecule has 5 rings (SSSR count). The third-order valence-corrected chi connectivity index (χ3v) is 12.6. The number of hydrogen-bond donors (Lipinski definition) is 0. The number of ether oxygens (including phenoxy) is 2. The van der Waals surface area contributed by atoms with Crippen LogP contribution in [-0.4, -0.2) is 31.5 Å². The fourth-order valence-electron chi connectivity index (χ4n) is 6.01. The predicted octanol–water partition coefficient (Wildman–Crippen LogP) is 5.18. The first kappa shape index (κ1) is 17.5. The monoisotopic (exact) mass is 370 g/mol. The van der Waals surface area contributed by atoms with Gasteiger partial charge in [-0.3, -0.25) is 0 Å².